The van der Waals surface area contributed by atoms with Gasteiger partial charge >= 0.3 is 0 Å². The van der Waals surface area contributed by atoms with E-state index in [-0.39, 0.29) is 5.91 Å². The van der Waals surface area contributed by atoms with Crippen LogP contribution in [0.1, 0.15) is 24.1 Å². The lowest BCUT2D eigenvalue weighted by molar-refractivity contribution is -0.126. The van der Waals surface area contributed by atoms with Crippen LogP contribution in [0.15, 0.2) is 66.7 Å². The molecule has 8 heteroatoms. The molecule has 36 heavy (non-hydrogen) atoms. The maximum atomic E-state index is 13.9. The third-order valence-electron chi connectivity index (χ3n) is 6.78. The molecule has 0 aliphatic carbocycles. The summed E-state index contributed by atoms with van der Waals surface area (Å²) in [6.07, 6.45) is -0.115. The third kappa shape index (κ3) is 3.74. The SMILES string of the molecule is CCc1ccc(N2C(=O)C3ON(c4ccccc4)C(c4cc(OC)c(OC)cc4OC)C3C2=O)cc1. The number of hydrogen-bond donors (Lipinski definition) is 0. The van der Waals surface area contributed by atoms with Crippen LogP contribution in [-0.2, 0) is 20.8 Å². The van der Waals surface area contributed by atoms with Crippen molar-refractivity contribution >= 4 is 23.2 Å². The van der Waals surface area contributed by atoms with Crippen LogP contribution in [0.2, 0.25) is 0 Å². The number of nitrogens with zero attached hydrogens (tertiary/aromatic N) is 2. The van der Waals surface area contributed by atoms with E-state index in [1.54, 1.807) is 50.7 Å². The van der Waals surface area contributed by atoms with Crippen LogP contribution < -0.4 is 24.2 Å². The number of para-hydroxylation sites is 1. The van der Waals surface area contributed by atoms with E-state index >= 15 is 0 Å². The molecule has 2 fully saturated rings. The quantitative estimate of drug-likeness (QED) is 0.458. The predicted molar refractivity (Wildman–Crippen MR) is 134 cm³/mol. The third-order valence-corrected chi connectivity index (χ3v) is 6.78. The maximum Gasteiger partial charge on any atom is 0.266 e. The molecule has 0 aromatic heterocycles. The van der Waals surface area contributed by atoms with Crippen molar-refractivity contribution in [2.75, 3.05) is 31.3 Å². The first kappa shape index (κ1) is 23.7. The highest BCUT2D eigenvalue weighted by atomic mass is 16.7. The topological polar surface area (TPSA) is 77.5 Å². The molecular formula is C28H28N2O6. The van der Waals surface area contributed by atoms with Crippen LogP contribution in [0.5, 0.6) is 17.2 Å². The van der Waals surface area contributed by atoms with Crippen molar-refractivity contribution in [2.45, 2.75) is 25.5 Å². The van der Waals surface area contributed by atoms with Gasteiger partial charge in [0.2, 0.25) is 5.91 Å². The van der Waals surface area contributed by atoms with Gasteiger partial charge in [0.1, 0.15) is 17.7 Å². The molecule has 2 saturated heterocycles. The van der Waals surface area contributed by atoms with Gasteiger partial charge in [-0.05, 0) is 42.3 Å². The lowest BCUT2D eigenvalue weighted by Crippen LogP contribution is -2.37. The molecule has 0 N–H and O–H groups in total. The van der Waals surface area contributed by atoms with Gasteiger partial charge in [0.05, 0.1) is 32.7 Å². The summed E-state index contributed by atoms with van der Waals surface area (Å²) in [6.45, 7) is 2.05. The second-order valence-corrected chi connectivity index (χ2v) is 8.64. The molecule has 2 aliphatic heterocycles. The molecule has 0 bridgehead atoms. The zero-order valence-corrected chi connectivity index (χ0v) is 20.6. The molecule has 3 aromatic carbocycles. The Labute approximate surface area is 209 Å². The minimum atomic E-state index is -0.980. The number of anilines is 2. The number of rotatable bonds is 7. The van der Waals surface area contributed by atoms with Crippen molar-refractivity contribution in [3.63, 3.8) is 0 Å². The number of carbonyl (C=O) groups is 2. The number of amides is 2. The molecule has 0 radical (unpaired) electrons. The van der Waals surface area contributed by atoms with Gasteiger partial charge in [0.25, 0.3) is 5.91 Å². The van der Waals surface area contributed by atoms with Crippen molar-refractivity contribution in [3.05, 3.63) is 77.9 Å². The van der Waals surface area contributed by atoms with E-state index in [9.17, 15) is 9.59 Å². The van der Waals surface area contributed by atoms with E-state index < -0.39 is 24.0 Å². The highest BCUT2D eigenvalue weighted by Gasteiger charge is 2.60. The fourth-order valence-corrected chi connectivity index (χ4v) is 4.95. The average Bonchev–Trinajstić information content (AvgIpc) is 3.43. The van der Waals surface area contributed by atoms with Crippen LogP contribution in [0.4, 0.5) is 11.4 Å². The van der Waals surface area contributed by atoms with E-state index in [0.29, 0.717) is 34.2 Å². The monoisotopic (exact) mass is 488 g/mol. The Kier molecular flexibility index (Phi) is 6.28. The van der Waals surface area contributed by atoms with Crippen LogP contribution in [0.25, 0.3) is 0 Å². The standard InChI is InChI=1S/C28H28N2O6/c1-5-17-11-13-18(14-12-17)29-27(31)24-25(20-15-22(34-3)23(35-4)16-21(20)33-2)30(36-26(24)28(29)32)19-9-7-6-8-10-19/h6-16,24-26H,5H2,1-4H3. The predicted octanol–water partition coefficient (Wildman–Crippen LogP) is 4.33. The van der Waals surface area contributed by atoms with Gasteiger partial charge in [-0.25, -0.2) is 9.96 Å². The van der Waals surface area contributed by atoms with Gasteiger partial charge < -0.3 is 14.2 Å². The largest absolute Gasteiger partial charge is 0.496 e. The molecular weight excluding hydrogens is 460 g/mol. The fraction of sp³-hybridized carbons (Fsp3) is 0.286. The zero-order valence-electron chi connectivity index (χ0n) is 20.6. The molecule has 0 saturated carbocycles. The molecule has 5 rings (SSSR count). The first-order chi connectivity index (χ1) is 17.5. The molecule has 3 atom stereocenters. The Hall–Kier alpha value is -4.04. The summed E-state index contributed by atoms with van der Waals surface area (Å²) in [5.41, 5.74) is 3.02. The molecule has 2 amide bonds. The van der Waals surface area contributed by atoms with Gasteiger partial charge in [-0.15, -0.1) is 0 Å². The van der Waals surface area contributed by atoms with E-state index in [0.717, 1.165) is 12.0 Å². The second kappa shape index (κ2) is 9.54. The molecule has 2 aliphatic rings. The number of methoxy groups -OCH3 is 3. The van der Waals surface area contributed by atoms with Crippen LogP contribution in [0.3, 0.4) is 0 Å². The number of carbonyl (C=O) groups excluding carboxylic acids is 2. The molecule has 186 valence electrons. The number of hydroxylamine groups is 1. The van der Waals surface area contributed by atoms with Crippen LogP contribution in [-0.4, -0.2) is 39.2 Å². The summed E-state index contributed by atoms with van der Waals surface area (Å²) in [5.74, 6) is -0.0455. The summed E-state index contributed by atoms with van der Waals surface area (Å²) in [6, 6.07) is 19.7. The van der Waals surface area contributed by atoms with Crippen LogP contribution >= 0.6 is 0 Å². The number of hydrogen-bond acceptors (Lipinski definition) is 7. The van der Waals surface area contributed by atoms with Crippen molar-refractivity contribution in [3.8, 4) is 17.2 Å². The van der Waals surface area contributed by atoms with Crippen LogP contribution in [0, 0.1) is 5.92 Å². The lowest BCUT2D eigenvalue weighted by atomic mass is 9.89. The molecule has 3 aromatic rings. The summed E-state index contributed by atoms with van der Waals surface area (Å²) in [7, 11) is 4.64. The first-order valence-electron chi connectivity index (χ1n) is 11.8. The molecule has 2 heterocycles. The number of ether oxygens (including phenoxy) is 3. The number of fused-ring (bicyclic) bond motifs is 1. The van der Waals surface area contributed by atoms with Gasteiger partial charge in [0.15, 0.2) is 17.6 Å². The number of aryl methyl sites for hydroxylation is 1. The minimum Gasteiger partial charge on any atom is -0.496 e. The van der Waals surface area contributed by atoms with Crippen molar-refractivity contribution < 1.29 is 28.6 Å². The Balaban J connectivity index is 1.63. The molecule has 8 nitrogen and oxygen atoms in total. The van der Waals surface area contributed by atoms with Crippen molar-refractivity contribution in [1.82, 2.24) is 0 Å². The van der Waals surface area contributed by atoms with E-state index in [1.165, 1.54) is 4.90 Å². The van der Waals surface area contributed by atoms with Crippen molar-refractivity contribution in [1.29, 1.82) is 0 Å². The van der Waals surface area contributed by atoms with Gasteiger partial charge in [-0.3, -0.25) is 14.4 Å². The Morgan fingerprint density at radius 1 is 0.778 bits per heavy atom. The van der Waals surface area contributed by atoms with Gasteiger partial charge in [-0.2, -0.15) is 0 Å². The highest BCUT2D eigenvalue weighted by Crippen LogP contribution is 2.51. The Morgan fingerprint density at radius 2 is 1.42 bits per heavy atom. The summed E-state index contributed by atoms with van der Waals surface area (Å²) in [5, 5.41) is 1.63. The summed E-state index contributed by atoms with van der Waals surface area (Å²) < 4.78 is 16.7. The first-order valence-corrected chi connectivity index (χ1v) is 11.8. The summed E-state index contributed by atoms with van der Waals surface area (Å²) >= 11 is 0. The Bertz CT molecular complexity index is 1280. The lowest BCUT2D eigenvalue weighted by Gasteiger charge is -2.30. The van der Waals surface area contributed by atoms with Gasteiger partial charge in [-0.1, -0.05) is 37.3 Å². The van der Waals surface area contributed by atoms with E-state index in [1.807, 2.05) is 42.5 Å². The Morgan fingerprint density at radius 3 is 2.03 bits per heavy atom. The van der Waals surface area contributed by atoms with Crippen molar-refractivity contribution in [2.24, 2.45) is 5.92 Å². The normalized spacial score (nSPS) is 21.1. The number of imide groups is 1. The fourth-order valence-electron chi connectivity index (χ4n) is 4.95. The molecule has 0 spiro atoms. The highest BCUT2D eigenvalue weighted by molar-refractivity contribution is 6.24. The smallest absolute Gasteiger partial charge is 0.266 e. The summed E-state index contributed by atoms with van der Waals surface area (Å²) in [4.78, 5) is 34.9. The average molecular weight is 489 g/mol. The maximum absolute atomic E-state index is 13.9. The molecule has 3 unspecified atom stereocenters. The van der Waals surface area contributed by atoms with Gasteiger partial charge in [0, 0.05) is 11.6 Å². The van der Waals surface area contributed by atoms with E-state index in [4.69, 9.17) is 19.0 Å². The minimum absolute atomic E-state index is 0.325. The van der Waals surface area contributed by atoms with E-state index in [2.05, 4.69) is 6.92 Å². The number of benzene rings is 3. The second-order valence-electron chi connectivity index (χ2n) is 8.64. The zero-order chi connectivity index (χ0) is 25.4.